The molecule has 0 radical (unpaired) electrons. The van der Waals surface area contributed by atoms with Gasteiger partial charge in [0.15, 0.2) is 6.29 Å². The van der Waals surface area contributed by atoms with Crippen LogP contribution in [0.5, 0.6) is 0 Å². The summed E-state index contributed by atoms with van der Waals surface area (Å²) in [5.41, 5.74) is 2.34. The Balaban J connectivity index is 1.61. The van der Waals surface area contributed by atoms with Crippen molar-refractivity contribution in [1.29, 1.82) is 0 Å². The van der Waals surface area contributed by atoms with E-state index in [1.807, 2.05) is 36.4 Å². The SMILES string of the molecule is CC1CC(C(OCc2ccccc2)OCc2ccccc2)CCO1. The van der Waals surface area contributed by atoms with Gasteiger partial charge in [0, 0.05) is 12.5 Å². The molecule has 1 aliphatic rings. The molecule has 0 spiro atoms. The van der Waals surface area contributed by atoms with Crippen molar-refractivity contribution >= 4 is 0 Å². The van der Waals surface area contributed by atoms with Crippen LogP contribution >= 0.6 is 0 Å². The molecule has 1 aliphatic heterocycles. The highest BCUT2D eigenvalue weighted by molar-refractivity contribution is 5.14. The average Bonchev–Trinajstić information content (AvgIpc) is 2.63. The van der Waals surface area contributed by atoms with Gasteiger partial charge < -0.3 is 14.2 Å². The quantitative estimate of drug-likeness (QED) is 0.698. The fourth-order valence-corrected chi connectivity index (χ4v) is 3.11. The summed E-state index contributed by atoms with van der Waals surface area (Å²) in [5, 5.41) is 0. The second-order valence-electron chi connectivity index (χ2n) is 6.43. The molecule has 3 heteroatoms. The molecule has 2 atom stereocenters. The van der Waals surface area contributed by atoms with Crippen molar-refractivity contribution in [1.82, 2.24) is 0 Å². The van der Waals surface area contributed by atoms with E-state index >= 15 is 0 Å². The Morgan fingerprint density at radius 2 is 1.46 bits per heavy atom. The molecule has 2 aromatic carbocycles. The van der Waals surface area contributed by atoms with Crippen LogP contribution in [0.4, 0.5) is 0 Å². The smallest absolute Gasteiger partial charge is 0.161 e. The van der Waals surface area contributed by atoms with Crippen molar-refractivity contribution in [3.8, 4) is 0 Å². The molecule has 128 valence electrons. The minimum absolute atomic E-state index is 0.197. The van der Waals surface area contributed by atoms with E-state index < -0.39 is 0 Å². The largest absolute Gasteiger partial charge is 0.378 e. The number of ether oxygens (including phenoxy) is 3. The number of benzene rings is 2. The van der Waals surface area contributed by atoms with Crippen LogP contribution in [-0.4, -0.2) is 19.0 Å². The van der Waals surface area contributed by atoms with Gasteiger partial charge in [-0.25, -0.2) is 0 Å². The fourth-order valence-electron chi connectivity index (χ4n) is 3.11. The second kappa shape index (κ2) is 8.97. The molecule has 0 aromatic heterocycles. The van der Waals surface area contributed by atoms with E-state index in [0.717, 1.165) is 19.4 Å². The molecule has 0 N–H and O–H groups in total. The third-order valence-electron chi connectivity index (χ3n) is 4.42. The van der Waals surface area contributed by atoms with Crippen molar-refractivity contribution in [3.63, 3.8) is 0 Å². The molecule has 2 unspecified atom stereocenters. The van der Waals surface area contributed by atoms with E-state index in [1.165, 1.54) is 11.1 Å². The molecule has 3 nitrogen and oxygen atoms in total. The Morgan fingerprint density at radius 3 is 1.96 bits per heavy atom. The van der Waals surface area contributed by atoms with Crippen LogP contribution in [0.1, 0.15) is 30.9 Å². The van der Waals surface area contributed by atoms with Gasteiger partial charge in [-0.1, -0.05) is 60.7 Å². The summed E-state index contributed by atoms with van der Waals surface area (Å²) < 4.78 is 18.0. The molecule has 3 rings (SSSR count). The Morgan fingerprint density at radius 1 is 0.917 bits per heavy atom. The van der Waals surface area contributed by atoms with Gasteiger partial charge in [0.2, 0.25) is 0 Å². The predicted molar refractivity (Wildman–Crippen MR) is 94.4 cm³/mol. The molecule has 1 saturated heterocycles. The number of hydrogen-bond donors (Lipinski definition) is 0. The van der Waals surface area contributed by atoms with E-state index in [-0.39, 0.29) is 12.4 Å². The van der Waals surface area contributed by atoms with Gasteiger partial charge in [0.1, 0.15) is 0 Å². The lowest BCUT2D eigenvalue weighted by Gasteiger charge is -2.33. The maximum Gasteiger partial charge on any atom is 0.161 e. The van der Waals surface area contributed by atoms with Gasteiger partial charge in [0.05, 0.1) is 19.3 Å². The number of hydrogen-bond acceptors (Lipinski definition) is 3. The Bertz CT molecular complexity index is 541. The summed E-state index contributed by atoms with van der Waals surface area (Å²) in [7, 11) is 0. The van der Waals surface area contributed by atoms with Crippen LogP contribution in [0, 0.1) is 5.92 Å². The lowest BCUT2D eigenvalue weighted by atomic mass is 9.95. The van der Waals surface area contributed by atoms with E-state index in [1.54, 1.807) is 0 Å². The summed E-state index contributed by atoms with van der Waals surface area (Å²) in [6.07, 6.45) is 2.04. The van der Waals surface area contributed by atoms with Crippen molar-refractivity contribution in [3.05, 3.63) is 71.8 Å². The van der Waals surface area contributed by atoms with Gasteiger partial charge in [-0.15, -0.1) is 0 Å². The zero-order chi connectivity index (χ0) is 16.6. The van der Waals surface area contributed by atoms with E-state index in [0.29, 0.717) is 19.1 Å². The first-order chi connectivity index (χ1) is 11.8. The first kappa shape index (κ1) is 17.2. The van der Waals surface area contributed by atoms with Crippen LogP contribution in [0.25, 0.3) is 0 Å². The third-order valence-corrected chi connectivity index (χ3v) is 4.42. The zero-order valence-electron chi connectivity index (χ0n) is 14.3. The Labute approximate surface area is 144 Å². The summed E-state index contributed by atoms with van der Waals surface area (Å²) >= 11 is 0. The van der Waals surface area contributed by atoms with Crippen molar-refractivity contribution in [2.75, 3.05) is 6.61 Å². The Hall–Kier alpha value is -1.68. The summed E-state index contributed by atoms with van der Waals surface area (Å²) in [5.74, 6) is 0.376. The second-order valence-corrected chi connectivity index (χ2v) is 6.43. The van der Waals surface area contributed by atoms with Crippen LogP contribution in [0.2, 0.25) is 0 Å². The van der Waals surface area contributed by atoms with E-state index in [9.17, 15) is 0 Å². The van der Waals surface area contributed by atoms with Gasteiger partial charge in [-0.3, -0.25) is 0 Å². The van der Waals surface area contributed by atoms with Crippen LogP contribution in [0.3, 0.4) is 0 Å². The van der Waals surface area contributed by atoms with Gasteiger partial charge in [0.25, 0.3) is 0 Å². The summed E-state index contributed by atoms with van der Waals surface area (Å²) in [6, 6.07) is 20.5. The van der Waals surface area contributed by atoms with Crippen LogP contribution in [0.15, 0.2) is 60.7 Å². The highest BCUT2D eigenvalue weighted by Crippen LogP contribution is 2.27. The molecule has 0 amide bonds. The maximum atomic E-state index is 6.16. The maximum absolute atomic E-state index is 6.16. The molecule has 0 saturated carbocycles. The fraction of sp³-hybridized carbons (Fsp3) is 0.429. The summed E-state index contributed by atoms with van der Waals surface area (Å²) in [4.78, 5) is 0. The third kappa shape index (κ3) is 5.17. The van der Waals surface area contributed by atoms with Gasteiger partial charge >= 0.3 is 0 Å². The average molecular weight is 326 g/mol. The van der Waals surface area contributed by atoms with E-state index in [2.05, 4.69) is 31.2 Å². The Kier molecular flexibility index (Phi) is 6.41. The molecular formula is C21H26O3. The normalized spacial score (nSPS) is 21.1. The lowest BCUT2D eigenvalue weighted by Crippen LogP contribution is -2.34. The number of rotatable bonds is 7. The summed E-state index contributed by atoms with van der Waals surface area (Å²) in [6.45, 7) is 4.06. The highest BCUT2D eigenvalue weighted by Gasteiger charge is 2.28. The van der Waals surface area contributed by atoms with Crippen molar-refractivity contribution in [2.45, 2.75) is 45.4 Å². The molecular weight excluding hydrogens is 300 g/mol. The van der Waals surface area contributed by atoms with Gasteiger partial charge in [-0.05, 0) is 30.9 Å². The zero-order valence-corrected chi connectivity index (χ0v) is 14.3. The first-order valence-electron chi connectivity index (χ1n) is 8.74. The standard InChI is InChI=1S/C21H26O3/c1-17-14-20(12-13-22-17)21(23-15-18-8-4-2-5-9-18)24-16-19-10-6-3-7-11-19/h2-11,17,20-21H,12-16H2,1H3. The predicted octanol–water partition coefficient (Wildman–Crippen LogP) is 4.56. The minimum Gasteiger partial charge on any atom is -0.378 e. The first-order valence-corrected chi connectivity index (χ1v) is 8.74. The van der Waals surface area contributed by atoms with Crippen molar-refractivity contribution < 1.29 is 14.2 Å². The molecule has 0 aliphatic carbocycles. The lowest BCUT2D eigenvalue weighted by molar-refractivity contribution is -0.203. The minimum atomic E-state index is -0.197. The molecule has 24 heavy (non-hydrogen) atoms. The van der Waals surface area contributed by atoms with Crippen LogP contribution < -0.4 is 0 Å². The topological polar surface area (TPSA) is 27.7 Å². The van der Waals surface area contributed by atoms with Crippen molar-refractivity contribution in [2.24, 2.45) is 5.92 Å². The molecule has 1 heterocycles. The van der Waals surface area contributed by atoms with Crippen LogP contribution in [-0.2, 0) is 27.4 Å². The molecule has 0 bridgehead atoms. The monoisotopic (exact) mass is 326 g/mol. The molecule has 1 fully saturated rings. The van der Waals surface area contributed by atoms with E-state index in [4.69, 9.17) is 14.2 Å². The van der Waals surface area contributed by atoms with Gasteiger partial charge in [-0.2, -0.15) is 0 Å². The highest BCUT2D eigenvalue weighted by atomic mass is 16.7. The molecule has 2 aromatic rings.